The number of benzene rings is 1. The highest BCUT2D eigenvalue weighted by Gasteiger charge is 2.04. The number of pyridine rings is 1. The predicted molar refractivity (Wildman–Crippen MR) is 81.9 cm³/mol. The summed E-state index contributed by atoms with van der Waals surface area (Å²) >= 11 is 0. The quantitative estimate of drug-likeness (QED) is 0.707. The van der Waals surface area contributed by atoms with Crippen molar-refractivity contribution in [1.82, 2.24) is 20.2 Å². The summed E-state index contributed by atoms with van der Waals surface area (Å²) in [6.45, 7) is 0.486. The van der Waals surface area contributed by atoms with Gasteiger partial charge in [0.15, 0.2) is 5.76 Å². The van der Waals surface area contributed by atoms with E-state index in [9.17, 15) is 5.11 Å². The molecule has 0 bridgehead atoms. The van der Waals surface area contributed by atoms with Gasteiger partial charge in [-0.25, -0.2) is 4.98 Å². The Bertz CT molecular complexity index is 738. The number of nitrogens with one attached hydrogen (secondary N) is 1. The fourth-order valence-electron chi connectivity index (χ4n) is 1.84. The summed E-state index contributed by atoms with van der Waals surface area (Å²) in [7, 11) is 0. The molecule has 6 nitrogen and oxygen atoms in total. The number of aromatic nitrogens is 4. The Hall–Kier alpha value is -3.15. The van der Waals surface area contributed by atoms with E-state index >= 15 is 0 Å². The van der Waals surface area contributed by atoms with Gasteiger partial charge in [0.25, 0.3) is 0 Å². The van der Waals surface area contributed by atoms with E-state index in [0.29, 0.717) is 18.1 Å². The van der Waals surface area contributed by atoms with Crippen LogP contribution in [0.4, 0.5) is 0 Å². The highest BCUT2D eigenvalue weighted by atomic mass is 16.5. The zero-order chi connectivity index (χ0) is 15.2. The number of hydrogen-bond donors (Lipinski definition) is 2. The van der Waals surface area contributed by atoms with Gasteiger partial charge in [0, 0.05) is 6.08 Å². The summed E-state index contributed by atoms with van der Waals surface area (Å²) in [5.41, 5.74) is 1.68. The Labute approximate surface area is 127 Å². The Morgan fingerprint density at radius 1 is 1.14 bits per heavy atom. The first-order valence-corrected chi connectivity index (χ1v) is 6.71. The summed E-state index contributed by atoms with van der Waals surface area (Å²) in [4.78, 5) is 8.07. The number of ether oxygens (including phenoxy) is 1. The molecule has 0 saturated heterocycles. The molecule has 0 aliphatic heterocycles. The molecule has 0 aliphatic carbocycles. The topological polar surface area (TPSA) is 83.9 Å². The molecule has 2 heterocycles. The lowest BCUT2D eigenvalue weighted by molar-refractivity contribution is 0.305. The first-order valence-electron chi connectivity index (χ1n) is 6.71. The van der Waals surface area contributed by atoms with Crippen molar-refractivity contribution in [2.75, 3.05) is 0 Å². The summed E-state index contributed by atoms with van der Waals surface area (Å²) in [5, 5.41) is 16.2. The van der Waals surface area contributed by atoms with E-state index in [-0.39, 0.29) is 11.6 Å². The minimum absolute atomic E-state index is 0.0493. The number of H-pyrrole nitrogens is 1. The van der Waals surface area contributed by atoms with Crippen LogP contribution in [0.3, 0.4) is 0 Å². The lowest BCUT2D eigenvalue weighted by Crippen LogP contribution is -1.95. The molecule has 3 rings (SSSR count). The third-order valence-corrected chi connectivity index (χ3v) is 2.94. The molecule has 0 radical (unpaired) electrons. The van der Waals surface area contributed by atoms with Crippen molar-refractivity contribution in [1.29, 1.82) is 0 Å². The molecule has 110 valence electrons. The molecule has 2 aromatic heterocycles. The molecule has 0 saturated carbocycles. The fraction of sp³-hybridized carbons (Fsp3) is 0.0625. The molecule has 2 N–H and O–H groups in total. The predicted octanol–water partition coefficient (Wildman–Crippen LogP) is 2.83. The second kappa shape index (κ2) is 6.53. The van der Waals surface area contributed by atoms with Gasteiger partial charge < -0.3 is 9.84 Å². The van der Waals surface area contributed by atoms with Crippen molar-refractivity contribution >= 4 is 11.8 Å². The van der Waals surface area contributed by atoms with Gasteiger partial charge in [-0.15, -0.1) is 0 Å². The Balaban J connectivity index is 1.64. The minimum Gasteiger partial charge on any atom is -0.504 e. The van der Waals surface area contributed by atoms with E-state index in [1.165, 1.54) is 12.4 Å². The third-order valence-electron chi connectivity index (χ3n) is 2.94. The fourth-order valence-corrected chi connectivity index (χ4v) is 1.84. The second-order valence-corrected chi connectivity index (χ2v) is 4.55. The van der Waals surface area contributed by atoms with Crippen LogP contribution in [-0.4, -0.2) is 25.3 Å². The second-order valence-electron chi connectivity index (χ2n) is 4.55. The van der Waals surface area contributed by atoms with Gasteiger partial charge in [-0.2, -0.15) is 5.10 Å². The molecule has 0 aliphatic rings. The van der Waals surface area contributed by atoms with Gasteiger partial charge in [0.05, 0.1) is 11.9 Å². The van der Waals surface area contributed by atoms with Gasteiger partial charge in [0.1, 0.15) is 18.7 Å². The number of rotatable bonds is 5. The first kappa shape index (κ1) is 13.8. The van der Waals surface area contributed by atoms with Crippen LogP contribution in [0, 0.1) is 0 Å². The summed E-state index contributed by atoms with van der Waals surface area (Å²) in [6.07, 6.45) is 4.50. The maximum atomic E-state index is 9.83. The number of aromatic amines is 1. The minimum atomic E-state index is -0.0493. The molecular weight excluding hydrogens is 280 g/mol. The first-order chi connectivity index (χ1) is 10.8. The molecule has 6 heteroatoms. The lowest BCUT2D eigenvalue weighted by atomic mass is 10.2. The third kappa shape index (κ3) is 3.49. The largest absolute Gasteiger partial charge is 0.504 e. The molecule has 0 spiro atoms. The monoisotopic (exact) mass is 294 g/mol. The lowest BCUT2D eigenvalue weighted by Gasteiger charge is -2.05. The van der Waals surface area contributed by atoms with Crippen molar-refractivity contribution in [2.24, 2.45) is 0 Å². The van der Waals surface area contributed by atoms with E-state index in [4.69, 9.17) is 4.74 Å². The number of nitrogens with zero attached hydrogens (tertiary/aromatic N) is 3. The van der Waals surface area contributed by atoms with Crippen molar-refractivity contribution < 1.29 is 9.84 Å². The average molecular weight is 294 g/mol. The molecule has 0 fully saturated rings. The van der Waals surface area contributed by atoms with Crippen LogP contribution < -0.4 is 4.74 Å². The van der Waals surface area contributed by atoms with Crippen LogP contribution in [0.1, 0.15) is 17.1 Å². The van der Waals surface area contributed by atoms with Crippen LogP contribution in [0.25, 0.3) is 11.8 Å². The van der Waals surface area contributed by atoms with Crippen LogP contribution >= 0.6 is 0 Å². The van der Waals surface area contributed by atoms with E-state index in [0.717, 1.165) is 5.56 Å². The SMILES string of the molecule is OC(=Cc1ccc(OCc2ccccc2)cn1)c1nc[nH]n1. The van der Waals surface area contributed by atoms with Crippen molar-refractivity contribution in [3.63, 3.8) is 0 Å². The smallest absolute Gasteiger partial charge is 0.215 e. The summed E-state index contributed by atoms with van der Waals surface area (Å²) in [6, 6.07) is 13.5. The zero-order valence-corrected chi connectivity index (χ0v) is 11.7. The van der Waals surface area contributed by atoms with Gasteiger partial charge >= 0.3 is 0 Å². The van der Waals surface area contributed by atoms with Crippen LogP contribution in [0.5, 0.6) is 5.75 Å². The molecule has 1 aromatic carbocycles. The van der Waals surface area contributed by atoms with Gasteiger partial charge in [-0.1, -0.05) is 30.3 Å². The van der Waals surface area contributed by atoms with E-state index < -0.39 is 0 Å². The Morgan fingerprint density at radius 3 is 2.68 bits per heavy atom. The molecule has 0 atom stereocenters. The maximum Gasteiger partial charge on any atom is 0.215 e. The molecule has 0 amide bonds. The molecule has 22 heavy (non-hydrogen) atoms. The summed E-state index contributed by atoms with van der Waals surface area (Å²) in [5.74, 6) is 0.844. The zero-order valence-electron chi connectivity index (χ0n) is 11.7. The van der Waals surface area contributed by atoms with Gasteiger partial charge in [-0.3, -0.25) is 10.1 Å². The van der Waals surface area contributed by atoms with Crippen LogP contribution in [0.2, 0.25) is 0 Å². The number of hydrogen-bond acceptors (Lipinski definition) is 5. The van der Waals surface area contributed by atoms with E-state index in [2.05, 4.69) is 20.2 Å². The molecule has 3 aromatic rings. The molecular formula is C16H14N4O2. The summed E-state index contributed by atoms with van der Waals surface area (Å²) < 4.78 is 5.65. The Kier molecular flexibility index (Phi) is 4.10. The maximum absolute atomic E-state index is 9.83. The van der Waals surface area contributed by atoms with Crippen molar-refractivity contribution in [2.45, 2.75) is 6.61 Å². The highest BCUT2D eigenvalue weighted by molar-refractivity contribution is 5.71. The van der Waals surface area contributed by atoms with Gasteiger partial charge in [-0.05, 0) is 17.7 Å². The number of aliphatic hydroxyl groups excluding tert-OH is 1. The van der Waals surface area contributed by atoms with Crippen LogP contribution in [-0.2, 0) is 6.61 Å². The van der Waals surface area contributed by atoms with Crippen molar-refractivity contribution in [3.8, 4) is 5.75 Å². The average Bonchev–Trinajstić information content (AvgIpc) is 3.10. The highest BCUT2D eigenvalue weighted by Crippen LogP contribution is 2.15. The standard InChI is InChI=1S/C16H14N4O2/c21-15(16-18-11-19-20-16)8-13-6-7-14(9-17-13)22-10-12-4-2-1-3-5-12/h1-9,11,21H,10H2,(H,18,19,20). The molecule has 0 unspecified atom stereocenters. The normalized spacial score (nSPS) is 11.4. The van der Waals surface area contributed by atoms with Crippen molar-refractivity contribution in [3.05, 3.63) is 72.1 Å². The van der Waals surface area contributed by atoms with Crippen LogP contribution in [0.15, 0.2) is 55.0 Å². The van der Waals surface area contributed by atoms with E-state index in [1.54, 1.807) is 18.3 Å². The Morgan fingerprint density at radius 2 is 2.00 bits per heavy atom. The van der Waals surface area contributed by atoms with Gasteiger partial charge in [0.2, 0.25) is 5.82 Å². The number of aliphatic hydroxyl groups is 1. The van der Waals surface area contributed by atoms with E-state index in [1.807, 2.05) is 30.3 Å².